The summed E-state index contributed by atoms with van der Waals surface area (Å²) in [4.78, 5) is 32.6. The Labute approximate surface area is 109 Å². The summed E-state index contributed by atoms with van der Waals surface area (Å²) in [5, 5.41) is 8.50. The number of ether oxygens (including phenoxy) is 4. The predicted octanol–water partition coefficient (Wildman–Crippen LogP) is -0.868. The van der Waals surface area contributed by atoms with E-state index in [1.165, 1.54) is 13.8 Å². The van der Waals surface area contributed by atoms with Gasteiger partial charge in [-0.3, -0.25) is 9.59 Å². The van der Waals surface area contributed by atoms with Crippen LogP contribution in [0.1, 0.15) is 20.3 Å². The van der Waals surface area contributed by atoms with Gasteiger partial charge >= 0.3 is 17.9 Å². The topological polar surface area (TPSA) is 108 Å². The van der Waals surface area contributed by atoms with Gasteiger partial charge in [-0.1, -0.05) is 0 Å². The summed E-state index contributed by atoms with van der Waals surface area (Å²) < 4.78 is 19.8. The van der Waals surface area contributed by atoms with Gasteiger partial charge in [-0.2, -0.15) is 0 Å². The first kappa shape index (κ1) is 15.4. The molecule has 8 nitrogen and oxygen atoms in total. The monoisotopic (exact) mass is 276 g/mol. The van der Waals surface area contributed by atoms with E-state index >= 15 is 0 Å². The summed E-state index contributed by atoms with van der Waals surface area (Å²) in [5.74, 6) is -1.89. The lowest BCUT2D eigenvalue weighted by Crippen LogP contribution is -2.30. The number of carbonyl (C=O) groups excluding carboxylic acids is 3. The van der Waals surface area contributed by atoms with Gasteiger partial charge in [0.15, 0.2) is 6.10 Å². The predicted molar refractivity (Wildman–Crippen MR) is 58.6 cm³/mol. The molecule has 0 amide bonds. The van der Waals surface area contributed by atoms with Crippen LogP contribution in [-0.4, -0.2) is 54.7 Å². The summed E-state index contributed by atoms with van der Waals surface area (Å²) in [7, 11) is 0. The first-order valence-electron chi connectivity index (χ1n) is 5.68. The molecule has 0 bridgehead atoms. The molecule has 108 valence electrons. The molecule has 2 unspecified atom stereocenters. The Balaban J connectivity index is 2.52. The third kappa shape index (κ3) is 5.23. The Morgan fingerprint density at radius 1 is 1.21 bits per heavy atom. The van der Waals surface area contributed by atoms with Gasteiger partial charge < -0.3 is 24.1 Å². The van der Waals surface area contributed by atoms with Crippen LogP contribution in [0.2, 0.25) is 0 Å². The first-order valence-corrected chi connectivity index (χ1v) is 5.68. The van der Waals surface area contributed by atoms with Gasteiger partial charge in [0.05, 0.1) is 6.10 Å². The third-order valence-corrected chi connectivity index (χ3v) is 2.28. The number of hydrogen-bond acceptors (Lipinski definition) is 8. The van der Waals surface area contributed by atoms with Crippen molar-refractivity contribution >= 4 is 17.9 Å². The Morgan fingerprint density at radius 2 is 1.84 bits per heavy atom. The Hall–Kier alpha value is -1.67. The minimum absolute atomic E-state index is 0.116. The Kier molecular flexibility index (Phi) is 5.71. The molecule has 0 saturated carbocycles. The van der Waals surface area contributed by atoms with Crippen molar-refractivity contribution in [1.82, 2.24) is 0 Å². The van der Waals surface area contributed by atoms with Crippen LogP contribution in [0.5, 0.6) is 0 Å². The summed E-state index contributed by atoms with van der Waals surface area (Å²) in [6.45, 7) is 1.58. The molecule has 1 heterocycles. The maximum atomic E-state index is 10.9. The van der Waals surface area contributed by atoms with Gasteiger partial charge in [-0.25, -0.2) is 4.79 Å². The summed E-state index contributed by atoms with van der Waals surface area (Å²) >= 11 is 0. The van der Waals surface area contributed by atoms with E-state index in [1.54, 1.807) is 0 Å². The molecule has 0 spiro atoms. The van der Waals surface area contributed by atoms with Crippen molar-refractivity contribution in [2.75, 3.05) is 13.2 Å². The minimum atomic E-state index is -1.01. The van der Waals surface area contributed by atoms with Crippen LogP contribution >= 0.6 is 0 Å². The summed E-state index contributed by atoms with van der Waals surface area (Å²) in [6, 6.07) is 0. The van der Waals surface area contributed by atoms with E-state index in [9.17, 15) is 14.4 Å². The van der Waals surface area contributed by atoms with Crippen molar-refractivity contribution in [3.8, 4) is 0 Å². The van der Waals surface area contributed by atoms with E-state index in [0.717, 1.165) is 0 Å². The van der Waals surface area contributed by atoms with Gasteiger partial charge in [0.2, 0.25) is 6.29 Å². The molecule has 0 aliphatic carbocycles. The second kappa shape index (κ2) is 7.05. The zero-order chi connectivity index (χ0) is 14.4. The van der Waals surface area contributed by atoms with Crippen molar-refractivity contribution < 1.29 is 38.4 Å². The molecular formula is C11H16O8. The Morgan fingerprint density at radius 3 is 2.37 bits per heavy atom. The molecular weight excluding hydrogens is 260 g/mol. The SMILES string of the molecule is CC(=O)OC1C[C@@H](COC(=O)CO)OC1OC(C)=O. The molecule has 19 heavy (non-hydrogen) atoms. The fourth-order valence-electron chi connectivity index (χ4n) is 1.63. The fraction of sp³-hybridized carbons (Fsp3) is 0.727. The van der Waals surface area contributed by atoms with Gasteiger partial charge in [0.25, 0.3) is 0 Å². The molecule has 1 N–H and O–H groups in total. The largest absolute Gasteiger partial charge is 0.461 e. The molecule has 0 aromatic heterocycles. The molecule has 1 aliphatic rings. The van der Waals surface area contributed by atoms with Crippen LogP contribution in [-0.2, 0) is 33.3 Å². The highest BCUT2D eigenvalue weighted by molar-refractivity contribution is 5.70. The van der Waals surface area contributed by atoms with E-state index in [-0.39, 0.29) is 13.0 Å². The molecule has 1 saturated heterocycles. The zero-order valence-electron chi connectivity index (χ0n) is 10.7. The lowest BCUT2D eigenvalue weighted by atomic mass is 10.2. The number of aliphatic hydroxyl groups excluding tert-OH is 1. The zero-order valence-corrected chi connectivity index (χ0v) is 10.7. The van der Waals surface area contributed by atoms with Crippen molar-refractivity contribution in [1.29, 1.82) is 0 Å². The normalized spacial score (nSPS) is 25.7. The number of rotatable bonds is 5. The van der Waals surface area contributed by atoms with E-state index in [4.69, 9.17) is 19.3 Å². The molecule has 3 atom stereocenters. The number of hydrogen-bond donors (Lipinski definition) is 1. The summed E-state index contributed by atoms with van der Waals surface area (Å²) in [6.07, 6.45) is -2.08. The van der Waals surface area contributed by atoms with Crippen LogP contribution in [0.4, 0.5) is 0 Å². The van der Waals surface area contributed by atoms with Crippen molar-refractivity contribution in [3.05, 3.63) is 0 Å². The van der Waals surface area contributed by atoms with Crippen molar-refractivity contribution in [3.63, 3.8) is 0 Å². The maximum Gasteiger partial charge on any atom is 0.331 e. The lowest BCUT2D eigenvalue weighted by molar-refractivity contribution is -0.196. The van der Waals surface area contributed by atoms with Crippen LogP contribution < -0.4 is 0 Å². The highest BCUT2D eigenvalue weighted by Gasteiger charge is 2.40. The molecule has 0 aromatic carbocycles. The average molecular weight is 276 g/mol. The fourth-order valence-corrected chi connectivity index (χ4v) is 1.63. The molecule has 0 aromatic rings. The molecule has 1 aliphatic heterocycles. The van der Waals surface area contributed by atoms with Crippen LogP contribution in [0.25, 0.3) is 0 Å². The third-order valence-electron chi connectivity index (χ3n) is 2.28. The molecule has 1 fully saturated rings. The highest BCUT2D eigenvalue weighted by atomic mass is 16.7. The van der Waals surface area contributed by atoms with Crippen molar-refractivity contribution in [2.45, 2.75) is 38.8 Å². The van der Waals surface area contributed by atoms with E-state index < -0.39 is 43.0 Å². The van der Waals surface area contributed by atoms with E-state index in [0.29, 0.717) is 0 Å². The second-order valence-corrected chi connectivity index (χ2v) is 3.96. The van der Waals surface area contributed by atoms with Gasteiger partial charge in [0, 0.05) is 20.3 Å². The number of carbonyl (C=O) groups is 3. The maximum absolute atomic E-state index is 10.9. The summed E-state index contributed by atoms with van der Waals surface area (Å²) in [5.41, 5.74) is 0. The number of esters is 3. The molecule has 1 rings (SSSR count). The van der Waals surface area contributed by atoms with E-state index in [1.807, 2.05) is 0 Å². The molecule has 0 radical (unpaired) electrons. The van der Waals surface area contributed by atoms with Crippen LogP contribution in [0.3, 0.4) is 0 Å². The standard InChI is InChI=1S/C11H16O8/c1-6(13)17-9-3-8(5-16-10(15)4-12)19-11(9)18-7(2)14/h8-9,11-12H,3-5H2,1-2H3/t8-,9?,11?/m0/s1. The van der Waals surface area contributed by atoms with Gasteiger partial charge in [-0.05, 0) is 0 Å². The van der Waals surface area contributed by atoms with Gasteiger partial charge in [-0.15, -0.1) is 0 Å². The Bertz CT molecular complexity index is 329. The van der Waals surface area contributed by atoms with Crippen molar-refractivity contribution in [2.24, 2.45) is 0 Å². The lowest BCUT2D eigenvalue weighted by Gasteiger charge is -2.17. The average Bonchev–Trinajstić information content (AvgIpc) is 2.66. The highest BCUT2D eigenvalue weighted by Crippen LogP contribution is 2.25. The quantitative estimate of drug-likeness (QED) is 0.510. The van der Waals surface area contributed by atoms with E-state index in [2.05, 4.69) is 4.74 Å². The molecule has 8 heteroatoms. The van der Waals surface area contributed by atoms with Crippen LogP contribution in [0, 0.1) is 0 Å². The second-order valence-electron chi connectivity index (χ2n) is 3.96. The smallest absolute Gasteiger partial charge is 0.331 e. The first-order chi connectivity index (χ1) is 8.92. The van der Waals surface area contributed by atoms with Gasteiger partial charge in [0.1, 0.15) is 13.2 Å². The van der Waals surface area contributed by atoms with Crippen LogP contribution in [0.15, 0.2) is 0 Å². The number of aliphatic hydroxyl groups is 1. The minimum Gasteiger partial charge on any atom is -0.461 e.